The van der Waals surface area contributed by atoms with Gasteiger partial charge >= 0.3 is 0 Å². The van der Waals surface area contributed by atoms with Crippen LogP contribution in [0, 0.1) is 13.8 Å². The second-order valence-corrected chi connectivity index (χ2v) is 10.3. The van der Waals surface area contributed by atoms with Crippen LogP contribution >= 0.6 is 11.3 Å². The van der Waals surface area contributed by atoms with E-state index in [1.165, 1.54) is 15.6 Å². The monoisotopic (exact) mass is 468 g/mol. The van der Waals surface area contributed by atoms with E-state index < -0.39 is 10.0 Å². The average molecular weight is 469 g/mol. The van der Waals surface area contributed by atoms with Gasteiger partial charge in [-0.25, -0.2) is 13.4 Å². The molecule has 8 heteroatoms. The first-order valence-corrected chi connectivity index (χ1v) is 12.5. The molecule has 0 aliphatic rings. The Balaban J connectivity index is 1.75. The number of aryl methyl sites for hydroxylation is 2. The maximum absolute atomic E-state index is 13.5. The normalized spacial score (nSPS) is 11.5. The zero-order valence-corrected chi connectivity index (χ0v) is 19.7. The fourth-order valence-corrected chi connectivity index (χ4v) is 5.83. The Labute approximate surface area is 192 Å². The van der Waals surface area contributed by atoms with Crippen molar-refractivity contribution in [1.29, 1.82) is 0 Å². The number of thiophene rings is 1. The van der Waals surface area contributed by atoms with Crippen LogP contribution in [-0.4, -0.2) is 20.0 Å². The zero-order chi connectivity index (χ0) is 22.7. The van der Waals surface area contributed by atoms with Crippen LogP contribution in [0.2, 0.25) is 0 Å². The fraction of sp³-hybridized carbons (Fsp3) is 0.208. The van der Waals surface area contributed by atoms with Gasteiger partial charge in [-0.3, -0.25) is 4.31 Å². The van der Waals surface area contributed by atoms with E-state index in [1.54, 1.807) is 36.6 Å². The number of aromatic nitrogens is 1. The van der Waals surface area contributed by atoms with E-state index in [-0.39, 0.29) is 10.8 Å². The molecule has 0 unspecified atom stereocenters. The molecule has 0 radical (unpaired) electrons. The van der Waals surface area contributed by atoms with E-state index in [0.717, 1.165) is 11.1 Å². The second kappa shape index (κ2) is 9.18. The lowest BCUT2D eigenvalue weighted by Gasteiger charge is -2.23. The van der Waals surface area contributed by atoms with E-state index in [4.69, 9.17) is 9.15 Å². The van der Waals surface area contributed by atoms with Crippen LogP contribution < -0.4 is 9.04 Å². The molecule has 32 heavy (non-hydrogen) atoms. The molecule has 2 aromatic carbocycles. The van der Waals surface area contributed by atoms with Crippen LogP contribution in [0.15, 0.2) is 74.7 Å². The molecule has 0 N–H and O–H groups in total. The molecular weight excluding hydrogens is 444 g/mol. The Morgan fingerprint density at radius 2 is 1.78 bits per heavy atom. The van der Waals surface area contributed by atoms with Gasteiger partial charge < -0.3 is 9.15 Å². The van der Waals surface area contributed by atoms with Gasteiger partial charge in [0.1, 0.15) is 21.4 Å². The number of para-hydroxylation sites is 1. The Hall–Kier alpha value is -3.10. The third-order valence-electron chi connectivity index (χ3n) is 4.96. The second-order valence-electron chi connectivity index (χ2n) is 7.23. The highest BCUT2D eigenvalue weighted by Gasteiger charge is 2.28. The average Bonchev–Trinajstić information content (AvgIpc) is 3.44. The van der Waals surface area contributed by atoms with Crippen LogP contribution in [0.5, 0.6) is 5.75 Å². The number of oxazole rings is 1. The quantitative estimate of drug-likeness (QED) is 0.326. The third-order valence-corrected chi connectivity index (χ3v) is 8.11. The highest BCUT2D eigenvalue weighted by molar-refractivity contribution is 7.94. The van der Waals surface area contributed by atoms with Gasteiger partial charge in [-0.1, -0.05) is 35.9 Å². The lowest BCUT2D eigenvalue weighted by molar-refractivity contribution is 0.340. The molecule has 0 saturated carbocycles. The lowest BCUT2D eigenvalue weighted by Crippen LogP contribution is -2.30. The van der Waals surface area contributed by atoms with Gasteiger partial charge in [-0.2, -0.15) is 0 Å². The summed E-state index contributed by atoms with van der Waals surface area (Å²) in [6.45, 7) is 6.24. The maximum Gasteiger partial charge on any atom is 0.274 e. The summed E-state index contributed by atoms with van der Waals surface area (Å²) in [6, 6.07) is 18.3. The molecule has 2 heterocycles. The standard InChI is InChI=1S/C24H24N2O4S2/c1-4-29-22-9-6-5-8-20(22)24-25-21(18(3)30-24)16-26(19-13-11-17(2)12-14-19)32(27,28)23-10-7-15-31-23/h5-15H,4,16H2,1-3H3. The first-order chi connectivity index (χ1) is 15.4. The SMILES string of the molecule is CCOc1ccccc1-c1nc(CN(c2ccc(C)cc2)S(=O)(=O)c2cccs2)c(C)o1. The summed E-state index contributed by atoms with van der Waals surface area (Å²) in [4.78, 5) is 4.65. The van der Waals surface area contributed by atoms with Crippen LogP contribution in [0.1, 0.15) is 23.9 Å². The van der Waals surface area contributed by atoms with Crippen LogP contribution in [-0.2, 0) is 16.6 Å². The summed E-state index contributed by atoms with van der Waals surface area (Å²) in [5.74, 6) is 1.63. The molecule has 0 aliphatic carbocycles. The molecule has 4 rings (SSSR count). The van der Waals surface area contributed by atoms with Crippen molar-refractivity contribution in [2.75, 3.05) is 10.9 Å². The van der Waals surface area contributed by atoms with E-state index in [0.29, 0.717) is 35.4 Å². The van der Waals surface area contributed by atoms with Crippen LogP contribution in [0.4, 0.5) is 5.69 Å². The molecule has 0 amide bonds. The first-order valence-electron chi connectivity index (χ1n) is 10.2. The Kier molecular flexibility index (Phi) is 6.34. The summed E-state index contributed by atoms with van der Waals surface area (Å²) >= 11 is 1.19. The van der Waals surface area contributed by atoms with Gasteiger partial charge in [-0.15, -0.1) is 11.3 Å². The zero-order valence-electron chi connectivity index (χ0n) is 18.1. The molecule has 2 aromatic heterocycles. The predicted octanol–water partition coefficient (Wildman–Crippen LogP) is 5.81. The minimum atomic E-state index is -3.77. The molecule has 0 bridgehead atoms. The molecule has 0 fully saturated rings. The number of hydrogen-bond acceptors (Lipinski definition) is 6. The Bertz CT molecular complexity index is 1290. The van der Waals surface area contributed by atoms with Crippen molar-refractivity contribution in [2.24, 2.45) is 0 Å². The molecule has 0 saturated heterocycles. The smallest absolute Gasteiger partial charge is 0.274 e. The van der Waals surface area contributed by atoms with Crippen molar-refractivity contribution in [3.05, 3.63) is 83.1 Å². The van der Waals surface area contributed by atoms with Crippen LogP contribution in [0.25, 0.3) is 11.5 Å². The number of nitrogens with zero attached hydrogens (tertiary/aromatic N) is 2. The maximum atomic E-state index is 13.5. The number of anilines is 1. The third kappa shape index (κ3) is 4.42. The Morgan fingerprint density at radius 1 is 1.03 bits per heavy atom. The summed E-state index contributed by atoms with van der Waals surface area (Å²) in [5, 5.41) is 1.75. The summed E-state index contributed by atoms with van der Waals surface area (Å²) in [7, 11) is -3.77. The van der Waals surface area contributed by atoms with Crippen molar-refractivity contribution >= 4 is 27.0 Å². The summed E-state index contributed by atoms with van der Waals surface area (Å²) in [6.07, 6.45) is 0. The van der Waals surface area contributed by atoms with Crippen molar-refractivity contribution < 1.29 is 17.6 Å². The van der Waals surface area contributed by atoms with E-state index >= 15 is 0 Å². The van der Waals surface area contributed by atoms with Gasteiger partial charge in [0.2, 0.25) is 5.89 Å². The molecule has 0 spiro atoms. The molecule has 0 aliphatic heterocycles. The first kappa shape index (κ1) is 22.1. The summed E-state index contributed by atoms with van der Waals surface area (Å²) < 4.78 is 40.2. The van der Waals surface area contributed by atoms with Gasteiger partial charge in [0, 0.05) is 0 Å². The van der Waals surface area contributed by atoms with Gasteiger partial charge in [0.05, 0.1) is 24.4 Å². The molecular formula is C24H24N2O4S2. The minimum absolute atomic E-state index is 0.0510. The van der Waals surface area contributed by atoms with E-state index in [9.17, 15) is 8.42 Å². The molecule has 4 aromatic rings. The summed E-state index contributed by atoms with van der Waals surface area (Å²) in [5.41, 5.74) is 2.90. The van der Waals surface area contributed by atoms with E-state index in [1.807, 2.05) is 50.2 Å². The predicted molar refractivity (Wildman–Crippen MR) is 127 cm³/mol. The molecule has 166 valence electrons. The van der Waals surface area contributed by atoms with Crippen molar-refractivity contribution in [2.45, 2.75) is 31.5 Å². The van der Waals surface area contributed by atoms with Gasteiger partial charge in [0.25, 0.3) is 10.0 Å². The van der Waals surface area contributed by atoms with Gasteiger partial charge in [0.15, 0.2) is 0 Å². The van der Waals surface area contributed by atoms with E-state index in [2.05, 4.69) is 4.98 Å². The fourth-order valence-electron chi connectivity index (χ4n) is 3.30. The van der Waals surface area contributed by atoms with Crippen molar-refractivity contribution in [3.8, 4) is 17.2 Å². The highest BCUT2D eigenvalue weighted by Crippen LogP contribution is 2.33. The number of ether oxygens (including phenoxy) is 1. The molecule has 0 atom stereocenters. The molecule has 6 nitrogen and oxygen atoms in total. The largest absolute Gasteiger partial charge is 0.493 e. The Morgan fingerprint density at radius 3 is 2.47 bits per heavy atom. The number of rotatable bonds is 8. The lowest BCUT2D eigenvalue weighted by atomic mass is 10.2. The minimum Gasteiger partial charge on any atom is -0.493 e. The van der Waals surface area contributed by atoms with Crippen molar-refractivity contribution in [3.63, 3.8) is 0 Å². The van der Waals surface area contributed by atoms with Crippen LogP contribution in [0.3, 0.4) is 0 Å². The van der Waals surface area contributed by atoms with Gasteiger partial charge in [-0.05, 0) is 56.5 Å². The highest BCUT2D eigenvalue weighted by atomic mass is 32.2. The number of benzene rings is 2. The van der Waals surface area contributed by atoms with Crippen molar-refractivity contribution in [1.82, 2.24) is 4.98 Å². The number of hydrogen-bond donors (Lipinski definition) is 0. The topological polar surface area (TPSA) is 72.6 Å². The number of sulfonamides is 1.